The number of thiol groups is 1. The first-order chi connectivity index (χ1) is 13.6. The number of fused-ring (bicyclic) bond motifs is 1. The van der Waals surface area contributed by atoms with Crippen LogP contribution in [0.15, 0.2) is 71.1 Å². The van der Waals surface area contributed by atoms with Gasteiger partial charge in [0.1, 0.15) is 0 Å². The van der Waals surface area contributed by atoms with Crippen molar-refractivity contribution in [1.82, 2.24) is 0 Å². The number of hydrogen-bond acceptors (Lipinski definition) is 3. The fourth-order valence-electron chi connectivity index (χ4n) is 4.15. The summed E-state index contributed by atoms with van der Waals surface area (Å²) >= 11 is 5.12. The number of esters is 1. The van der Waals surface area contributed by atoms with E-state index in [-0.39, 0.29) is 18.5 Å². The molecule has 1 aliphatic heterocycles. The van der Waals surface area contributed by atoms with E-state index in [9.17, 15) is 4.79 Å². The molecule has 2 aliphatic rings. The molecule has 0 saturated carbocycles. The minimum atomic E-state index is -2.34. The zero-order valence-corrected chi connectivity index (χ0v) is 19.3. The van der Waals surface area contributed by atoms with E-state index in [4.69, 9.17) is 23.4 Å². The maximum atomic E-state index is 12.7. The molecule has 0 N–H and O–H groups in total. The molecule has 0 amide bonds. The van der Waals surface area contributed by atoms with E-state index >= 15 is 0 Å². The molecule has 0 aromatic heterocycles. The van der Waals surface area contributed by atoms with Crippen molar-refractivity contribution in [2.45, 2.75) is 31.8 Å². The van der Waals surface area contributed by atoms with Gasteiger partial charge in [-0.15, -0.1) is 0 Å². The van der Waals surface area contributed by atoms with E-state index in [0.717, 1.165) is 12.0 Å². The van der Waals surface area contributed by atoms with Crippen LogP contribution in [0, 0.1) is 19.3 Å². The van der Waals surface area contributed by atoms with E-state index in [2.05, 4.69) is 56.5 Å². The summed E-state index contributed by atoms with van der Waals surface area (Å²) in [7, 11) is 0. The molecule has 3 rings (SSSR count). The molecule has 152 valence electrons. The second-order valence-corrected chi connectivity index (χ2v) is 17.7. The first-order valence-corrected chi connectivity index (χ1v) is 14.2. The third-order valence-electron chi connectivity index (χ3n) is 5.78. The molecule has 2 nitrogen and oxygen atoms in total. The van der Waals surface area contributed by atoms with Crippen LogP contribution < -0.4 is 0 Å². The molecule has 1 aromatic rings. The Balaban J connectivity index is 1.71. The monoisotopic (exact) mass is 424 g/mol. The molecule has 1 aliphatic carbocycles. The molecule has 0 radical (unpaired) electrons. The van der Waals surface area contributed by atoms with Gasteiger partial charge in [-0.3, -0.25) is 0 Å². The van der Waals surface area contributed by atoms with E-state index in [1.165, 1.54) is 16.4 Å². The van der Waals surface area contributed by atoms with Gasteiger partial charge in [0.05, 0.1) is 0 Å². The van der Waals surface area contributed by atoms with Gasteiger partial charge in [-0.25, -0.2) is 0 Å². The van der Waals surface area contributed by atoms with Gasteiger partial charge in [0.25, 0.3) is 0 Å². The molecule has 0 bridgehead atoms. The van der Waals surface area contributed by atoms with Gasteiger partial charge < -0.3 is 0 Å². The Morgan fingerprint density at radius 2 is 1.97 bits per heavy atom. The Morgan fingerprint density at radius 3 is 2.62 bits per heavy atom. The Bertz CT molecular complexity index is 978. The number of carbonyl (C=O) groups is 1. The number of allylic oxidation sites excluding steroid dienone is 5. The summed E-state index contributed by atoms with van der Waals surface area (Å²) in [6, 6.07) is 8.66. The van der Waals surface area contributed by atoms with Crippen LogP contribution in [0.2, 0.25) is 0 Å². The van der Waals surface area contributed by atoms with Crippen molar-refractivity contribution in [3.8, 4) is 12.3 Å². The fraction of sp³-hybridized carbons (Fsp3) is 0.320. The molecule has 2 unspecified atom stereocenters. The zero-order valence-electron chi connectivity index (χ0n) is 17.6. The summed E-state index contributed by atoms with van der Waals surface area (Å²) in [6.07, 6.45) is 15.7. The quantitative estimate of drug-likeness (QED) is 0.199. The van der Waals surface area contributed by atoms with Crippen molar-refractivity contribution in [1.29, 1.82) is 0 Å². The first kappa shape index (κ1) is 21.7. The van der Waals surface area contributed by atoms with Gasteiger partial charge in [0.2, 0.25) is 0 Å². The van der Waals surface area contributed by atoms with Crippen LogP contribution in [0.1, 0.15) is 30.4 Å². The molecule has 2 atom stereocenters. The Kier molecular flexibility index (Phi) is 6.00. The Labute approximate surface area is 179 Å². The van der Waals surface area contributed by atoms with E-state index < -0.39 is 5.81 Å². The predicted molar refractivity (Wildman–Crippen MR) is 129 cm³/mol. The number of aryl methyl sites for hydroxylation is 1. The molecule has 1 heterocycles. The normalized spacial score (nSPS) is 25.7. The average molecular weight is 425 g/mol. The summed E-state index contributed by atoms with van der Waals surface area (Å²) in [5, 5.41) is 1.20. The van der Waals surface area contributed by atoms with Crippen molar-refractivity contribution >= 4 is 24.0 Å². The summed E-state index contributed by atoms with van der Waals surface area (Å²) in [4.78, 5) is 12.7. The number of ether oxygens (including phenoxy) is 1. The summed E-state index contributed by atoms with van der Waals surface area (Å²) in [5.74, 6) is 0.194. The Morgan fingerprint density at radius 1 is 1.28 bits per heavy atom. The van der Waals surface area contributed by atoms with Crippen molar-refractivity contribution in [2.24, 2.45) is 0 Å². The summed E-state index contributed by atoms with van der Waals surface area (Å²) in [5.41, 5.74) is 4.64. The SMILES string of the molecule is C#C/C=C(/C)C/C=C\COC(=O)C1=C2C(C(c3ccc(C)cc3)C=C1)P2(C)(C)S. The van der Waals surface area contributed by atoms with Crippen LogP contribution in [-0.4, -0.2) is 31.6 Å². The van der Waals surface area contributed by atoms with Gasteiger partial charge >= 0.3 is 180 Å². The van der Waals surface area contributed by atoms with Gasteiger partial charge in [0, 0.05) is 0 Å². The Hall–Kier alpha value is -2.01. The second kappa shape index (κ2) is 8.02. The number of rotatable bonds is 6. The van der Waals surface area contributed by atoms with Crippen molar-refractivity contribution < 1.29 is 9.53 Å². The van der Waals surface area contributed by atoms with Crippen molar-refractivity contribution in [2.75, 3.05) is 19.9 Å². The summed E-state index contributed by atoms with van der Waals surface area (Å²) in [6.45, 7) is 8.80. The van der Waals surface area contributed by atoms with Crippen molar-refractivity contribution in [3.05, 3.63) is 82.2 Å². The van der Waals surface area contributed by atoms with Crippen LogP contribution >= 0.6 is 18.1 Å². The zero-order chi connectivity index (χ0) is 21.3. The molecule has 1 saturated heterocycles. The van der Waals surface area contributed by atoms with E-state index in [0.29, 0.717) is 11.2 Å². The average Bonchev–Trinajstić information content (AvgIpc) is 3.17. The third-order valence-corrected chi connectivity index (χ3v) is 11.1. The number of benzene rings is 1. The minimum absolute atomic E-state index is 0.256. The van der Waals surface area contributed by atoms with E-state index in [1.54, 1.807) is 6.08 Å². The molecular formula is C25H29O2PS. The molecule has 1 fully saturated rings. The van der Waals surface area contributed by atoms with Crippen LogP contribution in [0.3, 0.4) is 0 Å². The number of hydrogen-bond donors (Lipinski definition) is 1. The van der Waals surface area contributed by atoms with Crippen LogP contribution in [0.25, 0.3) is 0 Å². The van der Waals surface area contributed by atoms with Crippen LogP contribution in [0.4, 0.5) is 0 Å². The predicted octanol–water partition coefficient (Wildman–Crippen LogP) is 6.01. The molecule has 4 heteroatoms. The maximum absolute atomic E-state index is 12.7. The molecule has 1 aromatic carbocycles. The fourth-order valence-corrected chi connectivity index (χ4v) is 10.2. The molecule has 0 spiro atoms. The van der Waals surface area contributed by atoms with Gasteiger partial charge in [-0.05, 0) is 0 Å². The van der Waals surface area contributed by atoms with Crippen LogP contribution in [0.5, 0.6) is 0 Å². The summed E-state index contributed by atoms with van der Waals surface area (Å²) < 4.78 is 5.51. The number of terminal acetylenes is 1. The topological polar surface area (TPSA) is 26.3 Å². The molecular weight excluding hydrogens is 395 g/mol. The third kappa shape index (κ3) is 4.45. The van der Waals surface area contributed by atoms with Gasteiger partial charge in [0.15, 0.2) is 0 Å². The van der Waals surface area contributed by atoms with Gasteiger partial charge in [-0.1, -0.05) is 0 Å². The van der Waals surface area contributed by atoms with Crippen LogP contribution in [-0.2, 0) is 9.53 Å². The standard InChI is InChI=1S/C25H29O2PS/c1-6-9-18(2)10-7-8-17-27-25(26)22-16-15-21(20-13-11-19(3)12-14-20)23-24(22)28(23,4,5)29/h1,7-9,11-16,21,23,29H,10,17H2,2-5H3/b8-7-,18-9-. The molecule has 29 heavy (non-hydrogen) atoms. The number of carbonyl (C=O) groups excluding carboxylic acids is 1. The van der Waals surface area contributed by atoms with Crippen molar-refractivity contribution in [3.63, 3.8) is 0 Å². The van der Waals surface area contributed by atoms with E-state index in [1.807, 2.05) is 25.2 Å². The van der Waals surface area contributed by atoms with Gasteiger partial charge in [-0.2, -0.15) is 0 Å². The second-order valence-electron chi connectivity index (χ2n) is 8.63. The first-order valence-electron chi connectivity index (χ1n) is 9.83.